The molecule has 0 saturated heterocycles. The zero-order valence-corrected chi connectivity index (χ0v) is 25.8. The highest BCUT2D eigenvalue weighted by Crippen LogP contribution is 2.44. The number of fused-ring (bicyclic) bond motifs is 1. The van der Waals surface area contributed by atoms with E-state index >= 15 is 0 Å². The SMILES string of the molecule is CC[C@@H](C)Oc1cc2c(cc1OC)CC(=O)N(c1ccc(C(C)N(C)C3CCCCC3)cc1)C2c1ccc(Cl)cc1. The third-order valence-corrected chi connectivity index (χ3v) is 9.34. The summed E-state index contributed by atoms with van der Waals surface area (Å²) < 4.78 is 12.0. The van der Waals surface area contributed by atoms with E-state index in [-0.39, 0.29) is 18.1 Å². The van der Waals surface area contributed by atoms with Gasteiger partial charge in [-0.2, -0.15) is 0 Å². The molecule has 0 radical (unpaired) electrons. The molecule has 3 aromatic carbocycles. The number of hydrogen-bond donors (Lipinski definition) is 0. The predicted octanol–water partition coefficient (Wildman–Crippen LogP) is 8.53. The number of halogens is 1. The number of hydrogen-bond acceptors (Lipinski definition) is 4. The first-order valence-corrected chi connectivity index (χ1v) is 15.4. The molecule has 5 nitrogen and oxygen atoms in total. The Morgan fingerprint density at radius 3 is 2.29 bits per heavy atom. The zero-order valence-electron chi connectivity index (χ0n) is 25.0. The number of nitrogens with zero attached hydrogens (tertiary/aromatic N) is 2. The lowest BCUT2D eigenvalue weighted by Gasteiger charge is -2.39. The molecular formula is C35H43ClN2O3. The van der Waals surface area contributed by atoms with E-state index in [1.54, 1.807) is 7.11 Å². The van der Waals surface area contributed by atoms with Crippen molar-refractivity contribution in [3.05, 3.63) is 87.9 Å². The molecular weight excluding hydrogens is 532 g/mol. The van der Waals surface area contributed by atoms with E-state index in [9.17, 15) is 4.79 Å². The fourth-order valence-corrected chi connectivity index (χ4v) is 6.45. The molecule has 0 bridgehead atoms. The Labute approximate surface area is 250 Å². The van der Waals surface area contributed by atoms with Gasteiger partial charge in [-0.25, -0.2) is 0 Å². The molecule has 5 rings (SSSR count). The van der Waals surface area contributed by atoms with Gasteiger partial charge in [0.15, 0.2) is 11.5 Å². The average Bonchev–Trinajstić information content (AvgIpc) is 3.00. The third-order valence-electron chi connectivity index (χ3n) is 9.09. The first-order chi connectivity index (χ1) is 19.8. The highest BCUT2D eigenvalue weighted by molar-refractivity contribution is 6.30. The van der Waals surface area contributed by atoms with Crippen LogP contribution in [0.15, 0.2) is 60.7 Å². The Bertz CT molecular complexity index is 1330. The van der Waals surface area contributed by atoms with Gasteiger partial charge in [-0.1, -0.05) is 62.1 Å². The summed E-state index contributed by atoms with van der Waals surface area (Å²) in [4.78, 5) is 18.3. The maximum absolute atomic E-state index is 13.9. The number of ether oxygens (including phenoxy) is 2. The fourth-order valence-electron chi connectivity index (χ4n) is 6.33. The Morgan fingerprint density at radius 1 is 0.976 bits per heavy atom. The van der Waals surface area contributed by atoms with Gasteiger partial charge in [0.05, 0.1) is 25.7 Å². The summed E-state index contributed by atoms with van der Waals surface area (Å²) in [6.07, 6.45) is 7.76. The van der Waals surface area contributed by atoms with Crippen molar-refractivity contribution in [1.82, 2.24) is 4.90 Å². The summed E-state index contributed by atoms with van der Waals surface area (Å²) in [5.74, 6) is 1.40. The maximum atomic E-state index is 13.9. The molecule has 1 aliphatic heterocycles. The Hall–Kier alpha value is -3.02. The van der Waals surface area contributed by atoms with Crippen LogP contribution in [-0.4, -0.2) is 37.1 Å². The van der Waals surface area contributed by atoms with Crippen LogP contribution in [0.4, 0.5) is 5.69 Å². The molecule has 2 unspecified atom stereocenters. The lowest BCUT2D eigenvalue weighted by Crippen LogP contribution is -2.41. The number of amides is 1. The molecule has 1 aliphatic carbocycles. The van der Waals surface area contributed by atoms with Crippen molar-refractivity contribution in [2.24, 2.45) is 0 Å². The van der Waals surface area contributed by atoms with E-state index in [1.165, 1.54) is 37.7 Å². The summed E-state index contributed by atoms with van der Waals surface area (Å²) in [6, 6.07) is 21.0. The van der Waals surface area contributed by atoms with Gasteiger partial charge in [0.25, 0.3) is 0 Å². The minimum absolute atomic E-state index is 0.0403. The molecule has 6 heteroatoms. The van der Waals surface area contributed by atoms with Crippen molar-refractivity contribution in [1.29, 1.82) is 0 Å². The van der Waals surface area contributed by atoms with Crippen LogP contribution in [-0.2, 0) is 11.2 Å². The first-order valence-electron chi connectivity index (χ1n) is 15.1. The minimum Gasteiger partial charge on any atom is -0.493 e. The molecule has 41 heavy (non-hydrogen) atoms. The van der Waals surface area contributed by atoms with Crippen molar-refractivity contribution < 1.29 is 14.3 Å². The molecule has 218 valence electrons. The highest BCUT2D eigenvalue weighted by atomic mass is 35.5. The maximum Gasteiger partial charge on any atom is 0.232 e. The summed E-state index contributed by atoms with van der Waals surface area (Å²) in [6.45, 7) is 6.44. The summed E-state index contributed by atoms with van der Waals surface area (Å²) in [7, 11) is 3.90. The van der Waals surface area contributed by atoms with Crippen molar-refractivity contribution >= 4 is 23.2 Å². The van der Waals surface area contributed by atoms with Crippen LogP contribution in [0.3, 0.4) is 0 Å². The molecule has 0 spiro atoms. The number of anilines is 1. The van der Waals surface area contributed by atoms with Crippen molar-refractivity contribution in [3.63, 3.8) is 0 Å². The molecule has 0 N–H and O–H groups in total. The van der Waals surface area contributed by atoms with Crippen molar-refractivity contribution in [3.8, 4) is 11.5 Å². The number of methoxy groups -OCH3 is 1. The smallest absolute Gasteiger partial charge is 0.232 e. The fraction of sp³-hybridized carbons (Fsp3) is 0.457. The molecule has 2 aliphatic rings. The minimum atomic E-state index is -0.318. The Morgan fingerprint density at radius 2 is 1.66 bits per heavy atom. The van der Waals surface area contributed by atoms with Crippen LogP contribution in [0.2, 0.25) is 5.02 Å². The highest BCUT2D eigenvalue weighted by Gasteiger charge is 2.36. The van der Waals surface area contributed by atoms with E-state index < -0.39 is 0 Å². The van der Waals surface area contributed by atoms with Gasteiger partial charge < -0.3 is 14.4 Å². The number of rotatable bonds is 9. The molecule has 1 fully saturated rings. The van der Waals surface area contributed by atoms with Crippen molar-refractivity contribution in [2.45, 2.75) is 89.9 Å². The normalized spacial score (nSPS) is 19.1. The summed E-state index contributed by atoms with van der Waals surface area (Å²) in [5, 5.41) is 0.665. The van der Waals surface area contributed by atoms with Crippen LogP contribution in [0.1, 0.15) is 93.6 Å². The molecule has 1 amide bonds. The van der Waals surface area contributed by atoms with Gasteiger partial charge >= 0.3 is 0 Å². The van der Waals surface area contributed by atoms with Crippen LogP contribution < -0.4 is 14.4 Å². The van der Waals surface area contributed by atoms with Gasteiger partial charge in [-0.3, -0.25) is 9.69 Å². The summed E-state index contributed by atoms with van der Waals surface area (Å²) in [5.41, 5.74) is 5.15. The van der Waals surface area contributed by atoms with Crippen LogP contribution >= 0.6 is 11.6 Å². The lowest BCUT2D eigenvalue weighted by atomic mass is 9.86. The zero-order chi connectivity index (χ0) is 29.1. The largest absolute Gasteiger partial charge is 0.493 e. The van der Waals surface area contributed by atoms with E-state index in [2.05, 4.69) is 63.1 Å². The third kappa shape index (κ3) is 6.27. The van der Waals surface area contributed by atoms with Crippen molar-refractivity contribution in [2.75, 3.05) is 19.1 Å². The van der Waals surface area contributed by atoms with E-state index in [1.807, 2.05) is 35.2 Å². The van der Waals surface area contributed by atoms with E-state index in [0.29, 0.717) is 35.0 Å². The second-order valence-corrected chi connectivity index (χ2v) is 12.1. The van der Waals surface area contributed by atoms with E-state index in [4.69, 9.17) is 21.1 Å². The number of carbonyl (C=O) groups is 1. The van der Waals surface area contributed by atoms with Crippen LogP contribution in [0.25, 0.3) is 0 Å². The van der Waals surface area contributed by atoms with E-state index in [0.717, 1.165) is 28.8 Å². The Kier molecular flexibility index (Phi) is 9.25. The standard InChI is InChI=1S/C35H43ClN2O3/c1-6-23(2)41-33-22-31-27(20-32(33)40-5)21-34(39)38(35(31)26-12-16-28(36)17-13-26)30-18-14-25(15-19-30)24(3)37(4)29-10-8-7-9-11-29/h12-20,22-24,29,35H,6-11,21H2,1-5H3/t23-,24?,35?/m1/s1. The quantitative estimate of drug-likeness (QED) is 0.257. The monoisotopic (exact) mass is 574 g/mol. The van der Waals surface area contributed by atoms with Gasteiger partial charge in [-0.15, -0.1) is 0 Å². The number of benzene rings is 3. The second-order valence-electron chi connectivity index (χ2n) is 11.7. The molecule has 3 aromatic rings. The Balaban J connectivity index is 1.53. The average molecular weight is 575 g/mol. The van der Waals surface area contributed by atoms with Gasteiger partial charge in [0.1, 0.15) is 0 Å². The second kappa shape index (κ2) is 12.9. The van der Waals surface area contributed by atoms with Crippen LogP contribution in [0.5, 0.6) is 11.5 Å². The van der Waals surface area contributed by atoms with Crippen LogP contribution in [0, 0.1) is 0 Å². The molecule has 1 heterocycles. The van der Waals surface area contributed by atoms with Gasteiger partial charge in [0.2, 0.25) is 5.91 Å². The van der Waals surface area contributed by atoms with Gasteiger partial charge in [-0.05, 0) is 98.8 Å². The summed E-state index contributed by atoms with van der Waals surface area (Å²) >= 11 is 6.28. The molecule has 1 saturated carbocycles. The number of carbonyl (C=O) groups excluding carboxylic acids is 1. The first kappa shape index (κ1) is 29.5. The lowest BCUT2D eigenvalue weighted by molar-refractivity contribution is -0.118. The topological polar surface area (TPSA) is 42.0 Å². The molecule has 0 aromatic heterocycles. The molecule has 3 atom stereocenters. The van der Waals surface area contributed by atoms with Gasteiger partial charge in [0, 0.05) is 22.8 Å². The predicted molar refractivity (Wildman–Crippen MR) is 167 cm³/mol.